The van der Waals surface area contributed by atoms with Gasteiger partial charge in [0, 0.05) is 31.1 Å². The highest BCUT2D eigenvalue weighted by Gasteiger charge is 2.19. The van der Waals surface area contributed by atoms with Crippen molar-refractivity contribution in [1.29, 1.82) is 0 Å². The maximum absolute atomic E-state index is 6.20. The van der Waals surface area contributed by atoms with E-state index in [1.165, 1.54) is 25.7 Å². The minimum atomic E-state index is 0.533. The minimum Gasteiger partial charge on any atom is -0.351 e. The van der Waals surface area contributed by atoms with E-state index < -0.39 is 0 Å². The first-order valence-electron chi connectivity index (χ1n) is 6.35. The Morgan fingerprint density at radius 2 is 2.06 bits per heavy atom. The van der Waals surface area contributed by atoms with Crippen LogP contribution in [0.25, 0.3) is 0 Å². The molecule has 0 saturated heterocycles. The molecule has 0 unspecified atom stereocenters. The van der Waals surface area contributed by atoms with E-state index in [0.29, 0.717) is 17.1 Å². The van der Waals surface area contributed by atoms with E-state index in [1.807, 2.05) is 0 Å². The molecule has 92 valence electrons. The third kappa shape index (κ3) is 2.38. The summed E-state index contributed by atoms with van der Waals surface area (Å²) in [7, 11) is 0. The molecule has 2 heterocycles. The van der Waals surface area contributed by atoms with Crippen LogP contribution in [-0.4, -0.2) is 22.6 Å². The Kier molecular flexibility index (Phi) is 3.16. The molecule has 0 radical (unpaired) electrons. The van der Waals surface area contributed by atoms with Gasteiger partial charge in [-0.3, -0.25) is 0 Å². The molecule has 0 atom stereocenters. The maximum Gasteiger partial charge on any atom is 0.224 e. The Balaban J connectivity index is 1.82. The number of hydrogen-bond donors (Lipinski definition) is 2. The van der Waals surface area contributed by atoms with E-state index in [2.05, 4.69) is 20.6 Å². The van der Waals surface area contributed by atoms with Gasteiger partial charge in [-0.05, 0) is 12.8 Å². The first-order chi connectivity index (χ1) is 8.33. The SMILES string of the molecule is Clc1nc(NC2CCCC2)nc2c1CNCC2. The van der Waals surface area contributed by atoms with Gasteiger partial charge in [-0.2, -0.15) is 0 Å². The quantitative estimate of drug-likeness (QED) is 0.792. The summed E-state index contributed by atoms with van der Waals surface area (Å²) < 4.78 is 0. The molecule has 17 heavy (non-hydrogen) atoms. The predicted molar refractivity (Wildman–Crippen MR) is 68.3 cm³/mol. The zero-order chi connectivity index (χ0) is 11.7. The lowest BCUT2D eigenvalue weighted by Gasteiger charge is -2.19. The normalized spacial score (nSPS) is 20.3. The van der Waals surface area contributed by atoms with Gasteiger partial charge in [-0.15, -0.1) is 0 Å². The lowest BCUT2D eigenvalue weighted by molar-refractivity contribution is 0.625. The summed E-state index contributed by atoms with van der Waals surface area (Å²) in [5.41, 5.74) is 2.17. The molecule has 0 aromatic carbocycles. The number of fused-ring (bicyclic) bond motifs is 1. The Bertz CT molecular complexity index is 415. The van der Waals surface area contributed by atoms with Crippen molar-refractivity contribution >= 4 is 17.5 Å². The fourth-order valence-electron chi connectivity index (χ4n) is 2.62. The number of halogens is 1. The van der Waals surface area contributed by atoms with Gasteiger partial charge in [0.05, 0.1) is 5.69 Å². The largest absolute Gasteiger partial charge is 0.351 e. The lowest BCUT2D eigenvalue weighted by atomic mass is 10.1. The fraction of sp³-hybridized carbons (Fsp3) is 0.667. The van der Waals surface area contributed by atoms with Crippen molar-refractivity contribution in [3.63, 3.8) is 0 Å². The molecule has 0 spiro atoms. The van der Waals surface area contributed by atoms with E-state index in [-0.39, 0.29) is 0 Å². The summed E-state index contributed by atoms with van der Waals surface area (Å²) in [6.45, 7) is 1.76. The molecule has 4 nitrogen and oxygen atoms in total. The van der Waals surface area contributed by atoms with Crippen LogP contribution in [0.5, 0.6) is 0 Å². The van der Waals surface area contributed by atoms with Crippen molar-refractivity contribution in [1.82, 2.24) is 15.3 Å². The van der Waals surface area contributed by atoms with Gasteiger partial charge in [-0.25, -0.2) is 9.97 Å². The molecular formula is C12H17ClN4. The van der Waals surface area contributed by atoms with Gasteiger partial charge in [0.15, 0.2) is 0 Å². The molecule has 5 heteroatoms. The van der Waals surface area contributed by atoms with E-state index in [9.17, 15) is 0 Å². The monoisotopic (exact) mass is 252 g/mol. The molecule has 1 aliphatic carbocycles. The van der Waals surface area contributed by atoms with Crippen LogP contribution in [0, 0.1) is 0 Å². The number of nitrogens with zero attached hydrogens (tertiary/aromatic N) is 2. The Morgan fingerprint density at radius 1 is 1.24 bits per heavy atom. The predicted octanol–water partition coefficient (Wildman–Crippen LogP) is 2.13. The van der Waals surface area contributed by atoms with Crippen LogP contribution in [0.3, 0.4) is 0 Å². The Morgan fingerprint density at radius 3 is 2.88 bits per heavy atom. The third-order valence-corrected chi connectivity index (χ3v) is 3.88. The van der Waals surface area contributed by atoms with Gasteiger partial charge >= 0.3 is 0 Å². The lowest BCUT2D eigenvalue weighted by Crippen LogP contribution is -2.26. The second-order valence-corrected chi connectivity index (χ2v) is 5.17. The molecule has 0 bridgehead atoms. The van der Waals surface area contributed by atoms with Crippen LogP contribution in [0.15, 0.2) is 0 Å². The number of anilines is 1. The Labute approximate surface area is 106 Å². The number of hydrogen-bond acceptors (Lipinski definition) is 4. The molecule has 1 saturated carbocycles. The molecule has 1 aromatic rings. The average molecular weight is 253 g/mol. The molecule has 1 aliphatic heterocycles. The maximum atomic E-state index is 6.20. The zero-order valence-electron chi connectivity index (χ0n) is 9.80. The van der Waals surface area contributed by atoms with Crippen LogP contribution in [0.4, 0.5) is 5.95 Å². The number of rotatable bonds is 2. The summed E-state index contributed by atoms with van der Waals surface area (Å²) in [5, 5.41) is 7.29. The number of aromatic nitrogens is 2. The first kappa shape index (κ1) is 11.2. The molecule has 1 fully saturated rings. The standard InChI is InChI=1S/C12H17ClN4/c13-11-9-7-14-6-5-10(9)16-12(17-11)15-8-3-1-2-4-8/h8,14H,1-7H2,(H,15,16,17). The highest BCUT2D eigenvalue weighted by Crippen LogP contribution is 2.24. The van der Waals surface area contributed by atoms with Crippen LogP contribution >= 0.6 is 11.6 Å². The van der Waals surface area contributed by atoms with Gasteiger partial charge < -0.3 is 10.6 Å². The van der Waals surface area contributed by atoms with E-state index in [4.69, 9.17) is 11.6 Å². The Hall–Kier alpha value is -0.870. The van der Waals surface area contributed by atoms with Gasteiger partial charge in [0.2, 0.25) is 5.95 Å². The zero-order valence-corrected chi connectivity index (χ0v) is 10.6. The van der Waals surface area contributed by atoms with Crippen LogP contribution in [0.1, 0.15) is 36.9 Å². The highest BCUT2D eigenvalue weighted by atomic mass is 35.5. The fourth-order valence-corrected chi connectivity index (χ4v) is 2.87. The molecule has 2 N–H and O–H groups in total. The molecule has 2 aliphatic rings. The van der Waals surface area contributed by atoms with Crippen molar-refractivity contribution < 1.29 is 0 Å². The minimum absolute atomic E-state index is 0.533. The summed E-state index contributed by atoms with van der Waals surface area (Å²) in [6.07, 6.45) is 6.00. The number of nitrogens with one attached hydrogen (secondary N) is 2. The molecular weight excluding hydrogens is 236 g/mol. The summed E-state index contributed by atoms with van der Waals surface area (Å²) >= 11 is 6.20. The van der Waals surface area contributed by atoms with Crippen molar-refractivity contribution in [2.45, 2.75) is 44.7 Å². The van der Waals surface area contributed by atoms with Crippen molar-refractivity contribution in [2.75, 3.05) is 11.9 Å². The van der Waals surface area contributed by atoms with Gasteiger partial charge in [0.1, 0.15) is 5.15 Å². The first-order valence-corrected chi connectivity index (χ1v) is 6.73. The summed E-state index contributed by atoms with van der Waals surface area (Å²) in [5.74, 6) is 0.711. The smallest absolute Gasteiger partial charge is 0.224 e. The van der Waals surface area contributed by atoms with Crippen molar-refractivity contribution in [3.05, 3.63) is 16.4 Å². The van der Waals surface area contributed by atoms with Gasteiger partial charge in [0.25, 0.3) is 0 Å². The van der Waals surface area contributed by atoms with Crippen LogP contribution in [0.2, 0.25) is 5.15 Å². The highest BCUT2D eigenvalue weighted by molar-refractivity contribution is 6.30. The second kappa shape index (κ2) is 4.78. The van der Waals surface area contributed by atoms with Gasteiger partial charge in [-0.1, -0.05) is 24.4 Å². The van der Waals surface area contributed by atoms with Crippen molar-refractivity contribution in [2.24, 2.45) is 0 Å². The van der Waals surface area contributed by atoms with Crippen LogP contribution in [-0.2, 0) is 13.0 Å². The molecule has 1 aromatic heterocycles. The molecule has 3 rings (SSSR count). The topological polar surface area (TPSA) is 49.8 Å². The molecule has 0 amide bonds. The van der Waals surface area contributed by atoms with Crippen molar-refractivity contribution in [3.8, 4) is 0 Å². The summed E-state index contributed by atoms with van der Waals surface area (Å²) in [4.78, 5) is 8.94. The summed E-state index contributed by atoms with van der Waals surface area (Å²) in [6, 6.07) is 0.533. The van der Waals surface area contributed by atoms with Crippen LogP contribution < -0.4 is 10.6 Å². The third-order valence-electron chi connectivity index (χ3n) is 3.57. The van der Waals surface area contributed by atoms with E-state index in [1.54, 1.807) is 0 Å². The second-order valence-electron chi connectivity index (χ2n) is 4.82. The van der Waals surface area contributed by atoms with E-state index >= 15 is 0 Å². The van der Waals surface area contributed by atoms with E-state index in [0.717, 1.165) is 30.8 Å². The average Bonchev–Trinajstić information content (AvgIpc) is 2.82.